The number of halogens is 2. The third kappa shape index (κ3) is 3.28. The highest BCUT2D eigenvalue weighted by molar-refractivity contribution is 7.89. The Morgan fingerprint density at radius 3 is 2.42 bits per heavy atom. The zero-order valence-corrected chi connectivity index (χ0v) is 13.9. The zero-order valence-electron chi connectivity index (χ0n) is 13.1. The van der Waals surface area contributed by atoms with Crippen LogP contribution in [0, 0.1) is 17.0 Å². The molecule has 0 bridgehead atoms. The van der Waals surface area contributed by atoms with Crippen LogP contribution in [0.1, 0.15) is 26.2 Å². The van der Waals surface area contributed by atoms with E-state index < -0.39 is 50.6 Å². The Morgan fingerprint density at radius 2 is 1.92 bits per heavy atom. The molecule has 1 aliphatic heterocycles. The highest BCUT2D eigenvalue weighted by Crippen LogP contribution is 2.37. The number of hydrogen-bond acceptors (Lipinski definition) is 4. The number of piperidine rings is 1. The van der Waals surface area contributed by atoms with E-state index in [0.717, 1.165) is 4.31 Å². The Balaban J connectivity index is 2.42. The highest BCUT2D eigenvalue weighted by atomic mass is 32.2. The number of hydrogen-bond donors (Lipinski definition) is 2. The number of nitrogens with zero attached hydrogens (tertiary/aromatic N) is 1. The predicted octanol–water partition coefficient (Wildman–Crippen LogP) is 1.59. The van der Waals surface area contributed by atoms with Crippen LogP contribution in [0.3, 0.4) is 0 Å². The molecule has 134 valence electrons. The molecular formula is C15H19F2NO5S. The van der Waals surface area contributed by atoms with Crippen molar-refractivity contribution in [1.29, 1.82) is 0 Å². The molecule has 1 aliphatic rings. The smallest absolute Gasteiger partial charge is 0.313 e. The molecule has 1 aromatic rings. The molecular weight excluding hydrogens is 344 g/mol. The van der Waals surface area contributed by atoms with Gasteiger partial charge < -0.3 is 10.2 Å². The van der Waals surface area contributed by atoms with Gasteiger partial charge in [0.1, 0.15) is 17.0 Å². The van der Waals surface area contributed by atoms with Crippen LogP contribution < -0.4 is 0 Å². The first-order valence-electron chi connectivity index (χ1n) is 7.51. The van der Waals surface area contributed by atoms with Gasteiger partial charge in [-0.2, -0.15) is 4.31 Å². The molecule has 2 rings (SSSR count). The van der Waals surface area contributed by atoms with Crippen LogP contribution >= 0.6 is 0 Å². The molecule has 0 aliphatic carbocycles. The SMILES string of the molecule is CCC[C@]1(C(=O)O)CN(S(=O)(=O)c2cc(F)cc(F)c2)CC[C@@H]1O. The van der Waals surface area contributed by atoms with E-state index in [1.165, 1.54) is 0 Å². The van der Waals surface area contributed by atoms with Crippen molar-refractivity contribution in [2.45, 2.75) is 37.2 Å². The van der Waals surface area contributed by atoms with Crippen molar-refractivity contribution < 1.29 is 32.2 Å². The Kier molecular flexibility index (Phi) is 5.26. The standard InChI is InChI=1S/C15H19F2NO5S/c1-2-4-15(14(20)21)9-18(5-3-13(15)19)24(22,23)12-7-10(16)6-11(17)8-12/h6-8,13,19H,2-5,9H2,1H3,(H,20,21)/t13-,15-/m0/s1. The molecule has 0 spiro atoms. The van der Waals surface area contributed by atoms with Gasteiger partial charge in [-0.1, -0.05) is 13.3 Å². The van der Waals surface area contributed by atoms with Crippen LogP contribution in [0.25, 0.3) is 0 Å². The lowest BCUT2D eigenvalue weighted by molar-refractivity contribution is -0.161. The van der Waals surface area contributed by atoms with Crippen molar-refractivity contribution >= 4 is 16.0 Å². The lowest BCUT2D eigenvalue weighted by atomic mass is 9.74. The van der Waals surface area contributed by atoms with E-state index in [-0.39, 0.29) is 19.4 Å². The number of carboxylic acids is 1. The van der Waals surface area contributed by atoms with Gasteiger partial charge in [0, 0.05) is 19.2 Å². The average Bonchev–Trinajstić information content (AvgIpc) is 2.48. The Bertz CT molecular complexity index is 719. The van der Waals surface area contributed by atoms with Crippen molar-refractivity contribution in [2.75, 3.05) is 13.1 Å². The second-order valence-electron chi connectivity index (χ2n) is 5.96. The number of sulfonamides is 1. The molecule has 1 aromatic carbocycles. The maximum Gasteiger partial charge on any atom is 0.313 e. The van der Waals surface area contributed by atoms with E-state index in [9.17, 15) is 32.2 Å². The number of aliphatic carboxylic acids is 1. The van der Waals surface area contributed by atoms with Crippen LogP contribution in [-0.4, -0.2) is 48.1 Å². The summed E-state index contributed by atoms with van der Waals surface area (Å²) in [4.78, 5) is 11.1. The van der Waals surface area contributed by atoms with Gasteiger partial charge in [0.15, 0.2) is 0 Å². The summed E-state index contributed by atoms with van der Waals surface area (Å²) in [5, 5.41) is 19.7. The van der Waals surface area contributed by atoms with Crippen molar-refractivity contribution in [3.63, 3.8) is 0 Å². The first-order chi connectivity index (χ1) is 11.1. The lowest BCUT2D eigenvalue weighted by Crippen LogP contribution is -2.57. The van der Waals surface area contributed by atoms with Crippen LogP contribution in [-0.2, 0) is 14.8 Å². The first kappa shape index (κ1) is 18.8. The second-order valence-corrected chi connectivity index (χ2v) is 7.90. The van der Waals surface area contributed by atoms with Crippen LogP contribution in [0.4, 0.5) is 8.78 Å². The number of aliphatic hydroxyl groups excluding tert-OH is 1. The molecule has 9 heteroatoms. The third-order valence-electron chi connectivity index (χ3n) is 4.34. The fourth-order valence-corrected chi connectivity index (χ4v) is 4.65. The number of benzene rings is 1. The molecule has 2 atom stereocenters. The Labute approximate surface area is 138 Å². The highest BCUT2D eigenvalue weighted by Gasteiger charge is 2.50. The fraction of sp³-hybridized carbons (Fsp3) is 0.533. The summed E-state index contributed by atoms with van der Waals surface area (Å²) >= 11 is 0. The molecule has 6 nitrogen and oxygen atoms in total. The first-order valence-corrected chi connectivity index (χ1v) is 8.95. The Morgan fingerprint density at radius 1 is 1.33 bits per heavy atom. The fourth-order valence-electron chi connectivity index (χ4n) is 3.08. The largest absolute Gasteiger partial charge is 0.481 e. The third-order valence-corrected chi connectivity index (χ3v) is 6.17. The monoisotopic (exact) mass is 363 g/mol. The van der Waals surface area contributed by atoms with E-state index in [0.29, 0.717) is 24.6 Å². The zero-order chi connectivity index (χ0) is 18.1. The van der Waals surface area contributed by atoms with Crippen LogP contribution in [0.2, 0.25) is 0 Å². The second kappa shape index (κ2) is 6.73. The predicted molar refractivity (Wildman–Crippen MR) is 80.7 cm³/mol. The maximum atomic E-state index is 13.3. The summed E-state index contributed by atoms with van der Waals surface area (Å²) in [5.74, 6) is -3.37. The van der Waals surface area contributed by atoms with Crippen molar-refractivity contribution in [3.8, 4) is 0 Å². The quantitative estimate of drug-likeness (QED) is 0.828. The summed E-state index contributed by atoms with van der Waals surface area (Å²) in [5.41, 5.74) is -1.63. The number of rotatable bonds is 5. The van der Waals surface area contributed by atoms with Gasteiger partial charge in [-0.15, -0.1) is 0 Å². The van der Waals surface area contributed by atoms with E-state index in [1.54, 1.807) is 6.92 Å². The van der Waals surface area contributed by atoms with Gasteiger partial charge in [0.2, 0.25) is 10.0 Å². The van der Waals surface area contributed by atoms with E-state index in [2.05, 4.69) is 0 Å². The summed E-state index contributed by atoms with van der Waals surface area (Å²) < 4.78 is 52.8. The number of carboxylic acid groups (broad SMARTS) is 1. The van der Waals surface area contributed by atoms with E-state index in [1.807, 2.05) is 0 Å². The normalized spacial score (nSPS) is 25.6. The van der Waals surface area contributed by atoms with Crippen LogP contribution in [0.5, 0.6) is 0 Å². The lowest BCUT2D eigenvalue weighted by Gasteiger charge is -2.42. The molecule has 1 saturated heterocycles. The molecule has 0 unspecified atom stereocenters. The molecule has 0 amide bonds. The van der Waals surface area contributed by atoms with Gasteiger partial charge in [-0.3, -0.25) is 4.79 Å². The Hall–Kier alpha value is -1.58. The minimum Gasteiger partial charge on any atom is -0.481 e. The summed E-state index contributed by atoms with van der Waals surface area (Å²) in [6.45, 7) is 1.16. The minimum atomic E-state index is -4.27. The molecule has 0 aromatic heterocycles. The van der Waals surface area contributed by atoms with Crippen molar-refractivity contribution in [3.05, 3.63) is 29.8 Å². The molecule has 24 heavy (non-hydrogen) atoms. The minimum absolute atomic E-state index is 0.0661. The van der Waals surface area contributed by atoms with Crippen molar-refractivity contribution in [1.82, 2.24) is 4.31 Å². The van der Waals surface area contributed by atoms with E-state index in [4.69, 9.17) is 0 Å². The summed E-state index contributed by atoms with van der Waals surface area (Å²) in [7, 11) is -4.27. The molecule has 0 radical (unpaired) electrons. The van der Waals surface area contributed by atoms with Crippen LogP contribution in [0.15, 0.2) is 23.1 Å². The molecule has 0 saturated carbocycles. The molecule has 2 N–H and O–H groups in total. The van der Waals surface area contributed by atoms with Gasteiger partial charge in [-0.05, 0) is 25.0 Å². The number of aliphatic hydroxyl groups is 1. The molecule has 1 heterocycles. The molecule has 1 fully saturated rings. The topological polar surface area (TPSA) is 94.9 Å². The van der Waals surface area contributed by atoms with Gasteiger partial charge in [-0.25, -0.2) is 17.2 Å². The van der Waals surface area contributed by atoms with Crippen molar-refractivity contribution in [2.24, 2.45) is 5.41 Å². The summed E-state index contributed by atoms with van der Waals surface area (Å²) in [6.07, 6.45) is -0.729. The summed E-state index contributed by atoms with van der Waals surface area (Å²) in [6, 6.07) is 1.93. The van der Waals surface area contributed by atoms with Gasteiger partial charge >= 0.3 is 5.97 Å². The maximum absolute atomic E-state index is 13.3. The van der Waals surface area contributed by atoms with Gasteiger partial charge in [0.05, 0.1) is 11.0 Å². The van der Waals surface area contributed by atoms with Gasteiger partial charge in [0.25, 0.3) is 0 Å². The average molecular weight is 363 g/mol. The number of carbonyl (C=O) groups is 1. The van der Waals surface area contributed by atoms with E-state index >= 15 is 0 Å².